The zero-order chi connectivity index (χ0) is 21.8. The molecule has 0 saturated carbocycles. The zero-order valence-corrected chi connectivity index (χ0v) is 15.7. The second kappa shape index (κ2) is 10.2. The normalized spacial score (nSPS) is 42.1. The number of aliphatic hydroxyl groups is 7. The van der Waals surface area contributed by atoms with E-state index in [1.807, 2.05) is 0 Å². The fourth-order valence-corrected chi connectivity index (χ4v) is 3.18. The van der Waals surface area contributed by atoms with Crippen molar-refractivity contribution in [3.63, 3.8) is 0 Å². The average Bonchev–Trinajstić information content (AvgIpc) is 2.75. The number of nitrogens with zero attached hydrogens (tertiary/aromatic N) is 1. The Morgan fingerprint density at radius 1 is 0.900 bits per heavy atom. The first kappa shape index (κ1) is 23.2. The van der Waals surface area contributed by atoms with Gasteiger partial charge in [-0.1, -0.05) is 6.07 Å². The Morgan fingerprint density at radius 2 is 1.67 bits per heavy atom. The summed E-state index contributed by atoms with van der Waals surface area (Å²) in [5, 5.41) is 69.4. The zero-order valence-electron chi connectivity index (χ0n) is 15.7. The van der Waals surface area contributed by atoms with Crippen LogP contribution in [0.15, 0.2) is 24.4 Å². The maximum Gasteiger partial charge on any atom is 0.187 e. The molecule has 13 heteroatoms. The van der Waals surface area contributed by atoms with Gasteiger partial charge in [0.2, 0.25) is 0 Å². The lowest BCUT2D eigenvalue weighted by atomic mass is 9.97. The van der Waals surface area contributed by atoms with Gasteiger partial charge >= 0.3 is 0 Å². The molecule has 0 radical (unpaired) electrons. The monoisotopic (exact) mass is 434 g/mol. The summed E-state index contributed by atoms with van der Waals surface area (Å²) in [4.78, 5) is 9.19. The fourth-order valence-electron chi connectivity index (χ4n) is 3.18. The quantitative estimate of drug-likeness (QED) is 0.193. The van der Waals surface area contributed by atoms with Crippen LogP contribution in [0.3, 0.4) is 0 Å². The summed E-state index contributed by atoms with van der Waals surface area (Å²) in [5.41, 5.74) is 2.53. The standard InChI is InChI=1S/C17H26N2O11/c20-5-7-15(12(23)13(24)16(26)28-7)30-17-14(25)11(22)10(21)8(29-17)6-27-19-9-3-1-2-4-18-9/h1-4,7-8,10-17,20-26H,5-6H2,(H,18,19)/t7-,8-,10+,11+,12-,13-,14-,15-,16+,17+/m1/s1. The lowest BCUT2D eigenvalue weighted by Crippen LogP contribution is -2.64. The van der Waals surface area contributed by atoms with Crippen LogP contribution in [-0.2, 0) is 19.0 Å². The van der Waals surface area contributed by atoms with E-state index in [1.54, 1.807) is 18.2 Å². The summed E-state index contributed by atoms with van der Waals surface area (Å²) in [6.45, 7) is -0.962. The summed E-state index contributed by atoms with van der Waals surface area (Å²) in [6.07, 6.45) is -14.0. The van der Waals surface area contributed by atoms with Crippen molar-refractivity contribution in [3.05, 3.63) is 24.4 Å². The molecular formula is C17H26N2O11. The third-order valence-electron chi connectivity index (χ3n) is 4.89. The predicted molar refractivity (Wildman–Crippen MR) is 95.3 cm³/mol. The van der Waals surface area contributed by atoms with E-state index < -0.39 is 68.0 Å². The van der Waals surface area contributed by atoms with Crippen molar-refractivity contribution in [3.8, 4) is 0 Å². The first-order valence-electron chi connectivity index (χ1n) is 9.28. The summed E-state index contributed by atoms with van der Waals surface area (Å²) < 4.78 is 15.9. The highest BCUT2D eigenvalue weighted by Crippen LogP contribution is 2.28. The molecule has 170 valence electrons. The molecule has 0 unspecified atom stereocenters. The van der Waals surface area contributed by atoms with Gasteiger partial charge in [0.05, 0.1) is 6.61 Å². The number of ether oxygens (including phenoxy) is 3. The molecule has 8 N–H and O–H groups in total. The number of aliphatic hydroxyl groups excluding tert-OH is 7. The van der Waals surface area contributed by atoms with E-state index >= 15 is 0 Å². The molecule has 10 atom stereocenters. The first-order valence-corrected chi connectivity index (χ1v) is 9.28. The van der Waals surface area contributed by atoms with Crippen molar-refractivity contribution >= 4 is 5.82 Å². The Balaban J connectivity index is 1.63. The highest BCUT2D eigenvalue weighted by Gasteiger charge is 2.50. The fraction of sp³-hybridized carbons (Fsp3) is 0.706. The Kier molecular flexibility index (Phi) is 7.89. The van der Waals surface area contributed by atoms with Crippen LogP contribution in [0.25, 0.3) is 0 Å². The molecule has 0 aliphatic carbocycles. The van der Waals surface area contributed by atoms with E-state index in [9.17, 15) is 35.7 Å². The van der Waals surface area contributed by atoms with Crippen LogP contribution < -0.4 is 5.48 Å². The molecule has 2 saturated heterocycles. The third kappa shape index (κ3) is 5.04. The molecule has 0 aromatic carbocycles. The van der Waals surface area contributed by atoms with Crippen LogP contribution in [-0.4, -0.2) is 115 Å². The molecule has 2 aliphatic rings. The molecule has 3 heterocycles. The predicted octanol–water partition coefficient (Wildman–Crippen LogP) is -3.95. The number of hydrogen-bond donors (Lipinski definition) is 8. The SMILES string of the molecule is OC[C@H]1O[C@H](O)[C@H](O)[C@@H](O)[C@@H]1O[C@@H]1O[C@H](CONc2ccccn2)[C@H](O)[C@H](O)[C@H]1O. The molecule has 2 aliphatic heterocycles. The second-order valence-electron chi connectivity index (χ2n) is 6.97. The molecule has 2 fully saturated rings. The molecule has 0 bridgehead atoms. The minimum Gasteiger partial charge on any atom is -0.394 e. The van der Waals surface area contributed by atoms with Gasteiger partial charge in [-0.15, -0.1) is 0 Å². The van der Waals surface area contributed by atoms with Crippen LogP contribution >= 0.6 is 0 Å². The first-order chi connectivity index (χ1) is 14.3. The number of aromatic nitrogens is 1. The minimum atomic E-state index is -1.75. The van der Waals surface area contributed by atoms with Gasteiger partial charge in [-0.25, -0.2) is 10.5 Å². The van der Waals surface area contributed by atoms with Crippen LogP contribution in [0, 0.1) is 0 Å². The highest BCUT2D eigenvalue weighted by atomic mass is 16.7. The van der Waals surface area contributed by atoms with Crippen molar-refractivity contribution in [2.45, 2.75) is 61.4 Å². The average molecular weight is 434 g/mol. The molecule has 1 aromatic rings. The van der Waals surface area contributed by atoms with Gasteiger partial charge in [-0.2, -0.15) is 0 Å². The van der Waals surface area contributed by atoms with Crippen molar-refractivity contribution in [2.75, 3.05) is 18.7 Å². The van der Waals surface area contributed by atoms with Crippen molar-refractivity contribution in [2.24, 2.45) is 0 Å². The van der Waals surface area contributed by atoms with E-state index in [0.29, 0.717) is 5.82 Å². The molecule has 1 aromatic heterocycles. The summed E-state index contributed by atoms with van der Waals surface area (Å²) in [5.74, 6) is 0.386. The summed E-state index contributed by atoms with van der Waals surface area (Å²) in [6, 6.07) is 5.05. The van der Waals surface area contributed by atoms with Crippen LogP contribution in [0.5, 0.6) is 0 Å². The van der Waals surface area contributed by atoms with Gasteiger partial charge in [0.1, 0.15) is 61.3 Å². The van der Waals surface area contributed by atoms with Gasteiger partial charge in [0.25, 0.3) is 0 Å². The van der Waals surface area contributed by atoms with Gasteiger partial charge in [0.15, 0.2) is 12.6 Å². The van der Waals surface area contributed by atoms with Gasteiger partial charge in [0, 0.05) is 6.20 Å². The summed E-state index contributed by atoms with van der Waals surface area (Å²) in [7, 11) is 0. The Labute approximate surface area is 171 Å². The maximum atomic E-state index is 10.2. The van der Waals surface area contributed by atoms with Crippen LogP contribution in [0.1, 0.15) is 0 Å². The molecule has 0 spiro atoms. The molecular weight excluding hydrogens is 408 g/mol. The largest absolute Gasteiger partial charge is 0.394 e. The van der Waals surface area contributed by atoms with Crippen LogP contribution in [0.2, 0.25) is 0 Å². The lowest BCUT2D eigenvalue weighted by Gasteiger charge is -2.45. The topological polar surface area (TPSA) is 203 Å². The van der Waals surface area contributed by atoms with Crippen molar-refractivity contribution in [1.29, 1.82) is 0 Å². The van der Waals surface area contributed by atoms with Gasteiger partial charge in [-0.05, 0) is 12.1 Å². The van der Waals surface area contributed by atoms with E-state index in [0.717, 1.165) is 0 Å². The van der Waals surface area contributed by atoms with Crippen molar-refractivity contribution in [1.82, 2.24) is 4.98 Å². The molecule has 30 heavy (non-hydrogen) atoms. The Morgan fingerprint density at radius 3 is 2.33 bits per heavy atom. The summed E-state index contributed by atoms with van der Waals surface area (Å²) >= 11 is 0. The van der Waals surface area contributed by atoms with E-state index in [2.05, 4.69) is 10.5 Å². The minimum absolute atomic E-state index is 0.282. The Bertz CT molecular complexity index is 654. The second-order valence-corrected chi connectivity index (χ2v) is 6.97. The van der Waals surface area contributed by atoms with E-state index in [-0.39, 0.29) is 6.61 Å². The van der Waals surface area contributed by atoms with Gasteiger partial charge < -0.3 is 50.0 Å². The lowest BCUT2D eigenvalue weighted by molar-refractivity contribution is -0.355. The number of hydrogen-bond acceptors (Lipinski definition) is 13. The number of pyridine rings is 1. The van der Waals surface area contributed by atoms with E-state index in [4.69, 9.17) is 19.0 Å². The van der Waals surface area contributed by atoms with E-state index in [1.165, 1.54) is 6.20 Å². The number of anilines is 1. The van der Waals surface area contributed by atoms with Gasteiger partial charge in [-0.3, -0.25) is 4.84 Å². The maximum absolute atomic E-state index is 10.2. The molecule has 0 amide bonds. The van der Waals surface area contributed by atoms with Crippen molar-refractivity contribution < 1.29 is 54.8 Å². The molecule has 3 rings (SSSR count). The Hall–Kier alpha value is -1.49. The number of nitrogens with one attached hydrogen (secondary N) is 1. The molecule has 13 nitrogen and oxygen atoms in total. The third-order valence-corrected chi connectivity index (χ3v) is 4.89. The highest BCUT2D eigenvalue weighted by molar-refractivity contribution is 5.29. The number of rotatable bonds is 7. The van der Waals surface area contributed by atoms with Crippen LogP contribution in [0.4, 0.5) is 5.82 Å². The smallest absolute Gasteiger partial charge is 0.187 e.